The van der Waals surface area contributed by atoms with Gasteiger partial charge in [0.05, 0.1) is 58.2 Å². The summed E-state index contributed by atoms with van der Waals surface area (Å²) in [5.41, 5.74) is 5.22. The van der Waals surface area contributed by atoms with E-state index < -0.39 is 0 Å². The maximum absolute atomic E-state index is 13.9. The highest BCUT2D eigenvalue weighted by molar-refractivity contribution is 7.09. The Morgan fingerprint density at radius 3 is 2.56 bits per heavy atom. The Labute approximate surface area is 302 Å². The first-order chi connectivity index (χ1) is 23.2. The summed E-state index contributed by atoms with van der Waals surface area (Å²) < 4.78 is 8.50. The molecule has 4 heterocycles. The summed E-state index contributed by atoms with van der Waals surface area (Å²) in [5, 5.41) is 10.8. The largest absolute Gasteiger partial charge is 0.374 e. The van der Waals surface area contributed by atoms with E-state index in [1.54, 1.807) is 22.9 Å². The second-order valence-electron chi connectivity index (χ2n) is 13.3. The van der Waals surface area contributed by atoms with E-state index in [1.165, 1.54) is 5.56 Å². The molecule has 2 fully saturated rings. The molecule has 0 bridgehead atoms. The number of ether oxygens (including phenoxy) is 1. The molecule has 48 heavy (non-hydrogen) atoms. The minimum Gasteiger partial charge on any atom is -0.374 e. The van der Waals surface area contributed by atoms with E-state index in [2.05, 4.69) is 45.4 Å². The van der Waals surface area contributed by atoms with Crippen molar-refractivity contribution in [1.29, 1.82) is 0 Å². The van der Waals surface area contributed by atoms with E-state index in [0.717, 1.165) is 72.9 Å². The standard InChI is InChI=1S/C36H43Cl3N6O2S/c1-24(45-21-30(41-42-45)20-43-14-12-28(13-15-43)27-4-6-29(37)7-5-27)17-31-8-10-35(47-31)25(2)36(46)44(22-32-19-40-23-48-32)16-11-26-3-9-33(38)34(39)18-26/h3-7,9,18-19,21,23-25,28,31,35H,8,10-17,20,22H2,1-2H3/t24-,25-,31+,35-/m0/s1. The molecule has 2 aromatic carbocycles. The van der Waals surface area contributed by atoms with E-state index in [0.29, 0.717) is 35.5 Å². The van der Waals surface area contributed by atoms with Crippen LogP contribution in [0.25, 0.3) is 0 Å². The van der Waals surface area contributed by atoms with Crippen molar-refractivity contribution in [3.05, 3.63) is 97.1 Å². The molecule has 12 heteroatoms. The Kier molecular flexibility index (Phi) is 12.1. The van der Waals surface area contributed by atoms with Gasteiger partial charge in [-0.05, 0) is 99.8 Å². The van der Waals surface area contributed by atoms with Crippen LogP contribution in [0.15, 0.2) is 60.4 Å². The van der Waals surface area contributed by atoms with Crippen LogP contribution in [0.4, 0.5) is 0 Å². The normalized spacial score (nSPS) is 20.2. The third-order valence-corrected chi connectivity index (χ3v) is 11.6. The molecule has 4 aromatic rings. The van der Waals surface area contributed by atoms with Gasteiger partial charge in [0.25, 0.3) is 0 Å². The minimum atomic E-state index is -0.256. The van der Waals surface area contributed by atoms with Crippen molar-refractivity contribution in [3.63, 3.8) is 0 Å². The van der Waals surface area contributed by atoms with Crippen molar-refractivity contribution in [3.8, 4) is 0 Å². The second kappa shape index (κ2) is 16.5. The fraction of sp³-hybridized carbons (Fsp3) is 0.500. The van der Waals surface area contributed by atoms with Crippen LogP contribution >= 0.6 is 46.1 Å². The third kappa shape index (κ3) is 9.17. The van der Waals surface area contributed by atoms with Gasteiger partial charge in [-0.3, -0.25) is 14.7 Å². The summed E-state index contributed by atoms with van der Waals surface area (Å²) >= 11 is 20.0. The first-order valence-corrected chi connectivity index (χ1v) is 18.9. The molecule has 0 radical (unpaired) electrons. The van der Waals surface area contributed by atoms with Gasteiger partial charge in [-0.1, -0.05) is 65.1 Å². The predicted octanol–water partition coefficient (Wildman–Crippen LogP) is 8.48. The molecule has 6 rings (SSSR count). The Bertz CT molecular complexity index is 1630. The molecule has 4 atom stereocenters. The molecule has 2 aliphatic rings. The molecule has 0 spiro atoms. The van der Waals surface area contributed by atoms with Crippen molar-refractivity contribution in [2.24, 2.45) is 5.92 Å². The lowest BCUT2D eigenvalue weighted by Gasteiger charge is -2.31. The van der Waals surface area contributed by atoms with Gasteiger partial charge in [-0.2, -0.15) is 0 Å². The van der Waals surface area contributed by atoms with Gasteiger partial charge in [0.2, 0.25) is 5.91 Å². The van der Waals surface area contributed by atoms with Crippen molar-refractivity contribution >= 4 is 52.0 Å². The highest BCUT2D eigenvalue weighted by Crippen LogP contribution is 2.33. The molecule has 0 aliphatic carbocycles. The summed E-state index contributed by atoms with van der Waals surface area (Å²) in [6.07, 6.45) is 9.43. The molecule has 1 amide bonds. The van der Waals surface area contributed by atoms with Crippen LogP contribution < -0.4 is 0 Å². The SMILES string of the molecule is C[C@H](C(=O)N(CCc1ccc(Cl)c(Cl)c1)Cc1cncs1)[C@@H]1CC[C@H](C[C@H](C)n2cc(CN3CCC(c4ccc(Cl)cc4)CC3)nn2)O1. The zero-order chi connectivity index (χ0) is 33.6. The van der Waals surface area contributed by atoms with Crippen molar-refractivity contribution in [2.75, 3.05) is 19.6 Å². The first-order valence-electron chi connectivity index (χ1n) is 16.9. The van der Waals surface area contributed by atoms with Crippen molar-refractivity contribution in [1.82, 2.24) is 29.8 Å². The number of carbonyl (C=O) groups is 1. The van der Waals surface area contributed by atoms with E-state index in [1.807, 2.05) is 47.0 Å². The van der Waals surface area contributed by atoms with Crippen molar-refractivity contribution < 1.29 is 9.53 Å². The Morgan fingerprint density at radius 2 is 1.83 bits per heavy atom. The first kappa shape index (κ1) is 35.3. The molecule has 2 aliphatic heterocycles. The van der Waals surface area contributed by atoms with E-state index >= 15 is 0 Å². The van der Waals surface area contributed by atoms with Crippen molar-refractivity contribution in [2.45, 2.75) is 89.6 Å². The van der Waals surface area contributed by atoms with Crippen LogP contribution in [0.3, 0.4) is 0 Å². The number of thiazole rings is 1. The van der Waals surface area contributed by atoms with Crippen LogP contribution in [0.2, 0.25) is 15.1 Å². The smallest absolute Gasteiger partial charge is 0.228 e. The third-order valence-electron chi connectivity index (χ3n) is 9.81. The predicted molar refractivity (Wildman–Crippen MR) is 193 cm³/mol. The molecule has 256 valence electrons. The minimum absolute atomic E-state index is 0.0750. The maximum atomic E-state index is 13.9. The summed E-state index contributed by atoms with van der Waals surface area (Å²) in [6, 6.07) is 14.1. The number of aromatic nitrogens is 4. The molecule has 0 N–H and O–H groups in total. The van der Waals surface area contributed by atoms with Gasteiger partial charge in [0.1, 0.15) is 0 Å². The van der Waals surface area contributed by atoms with Gasteiger partial charge >= 0.3 is 0 Å². The Morgan fingerprint density at radius 1 is 1.04 bits per heavy atom. The fourth-order valence-electron chi connectivity index (χ4n) is 6.93. The monoisotopic (exact) mass is 728 g/mol. The van der Waals surface area contributed by atoms with Crippen LogP contribution in [0.1, 0.15) is 79.6 Å². The van der Waals surface area contributed by atoms with Crippen LogP contribution in [-0.2, 0) is 29.0 Å². The fourth-order valence-corrected chi connectivity index (χ4v) is 7.99. The average Bonchev–Trinajstić information content (AvgIpc) is 3.88. The van der Waals surface area contributed by atoms with Crippen LogP contribution in [-0.4, -0.2) is 67.5 Å². The van der Waals surface area contributed by atoms with Gasteiger partial charge < -0.3 is 9.64 Å². The number of piperidine rings is 1. The summed E-state index contributed by atoms with van der Waals surface area (Å²) in [7, 11) is 0. The number of hydrogen-bond acceptors (Lipinski definition) is 7. The second-order valence-corrected chi connectivity index (χ2v) is 15.5. The van der Waals surface area contributed by atoms with Gasteiger partial charge in [-0.25, -0.2) is 4.68 Å². The topological polar surface area (TPSA) is 76.4 Å². The van der Waals surface area contributed by atoms with E-state index in [4.69, 9.17) is 39.5 Å². The average molecular weight is 730 g/mol. The summed E-state index contributed by atoms with van der Waals surface area (Å²) in [6.45, 7) is 8.16. The van der Waals surface area contributed by atoms with E-state index in [-0.39, 0.29) is 30.1 Å². The Balaban J connectivity index is 0.981. The molecule has 0 unspecified atom stereocenters. The highest BCUT2D eigenvalue weighted by atomic mass is 35.5. The lowest BCUT2D eigenvalue weighted by Crippen LogP contribution is -2.40. The summed E-state index contributed by atoms with van der Waals surface area (Å²) in [4.78, 5) is 23.5. The number of rotatable bonds is 13. The lowest BCUT2D eigenvalue weighted by atomic mass is 9.89. The van der Waals surface area contributed by atoms with Gasteiger partial charge in [-0.15, -0.1) is 16.4 Å². The Hall–Kier alpha value is -2.53. The molecule has 2 aromatic heterocycles. The van der Waals surface area contributed by atoms with Gasteiger partial charge in [0.15, 0.2) is 0 Å². The molecule has 2 saturated heterocycles. The zero-order valence-corrected chi connectivity index (χ0v) is 30.6. The summed E-state index contributed by atoms with van der Waals surface area (Å²) in [5.74, 6) is 0.423. The molecular formula is C36H43Cl3N6O2S. The van der Waals surface area contributed by atoms with Crippen LogP contribution in [0, 0.1) is 5.92 Å². The quantitative estimate of drug-likeness (QED) is 0.138. The molecule has 0 saturated carbocycles. The molecule has 8 nitrogen and oxygen atoms in total. The number of hydrogen-bond donors (Lipinski definition) is 0. The van der Waals surface area contributed by atoms with E-state index in [9.17, 15) is 4.79 Å². The number of benzene rings is 2. The van der Waals surface area contributed by atoms with Crippen LogP contribution in [0.5, 0.6) is 0 Å². The number of carbonyl (C=O) groups excluding carboxylic acids is 1. The lowest BCUT2D eigenvalue weighted by molar-refractivity contribution is -0.140. The molecular weight excluding hydrogens is 687 g/mol. The highest BCUT2D eigenvalue weighted by Gasteiger charge is 2.36. The number of nitrogens with zero attached hydrogens (tertiary/aromatic N) is 6. The maximum Gasteiger partial charge on any atom is 0.228 e. The zero-order valence-electron chi connectivity index (χ0n) is 27.5. The number of amides is 1. The number of halogens is 3. The van der Waals surface area contributed by atoms with Gasteiger partial charge in [0, 0.05) is 29.2 Å². The number of likely N-dealkylation sites (tertiary alicyclic amines) is 1.